The van der Waals surface area contributed by atoms with Gasteiger partial charge in [0.2, 0.25) is 6.61 Å². The van der Waals surface area contributed by atoms with Gasteiger partial charge in [0.25, 0.3) is 5.92 Å². The fraction of sp³-hybridized carbons (Fsp3) is 1.00. The highest BCUT2D eigenvalue weighted by Crippen LogP contribution is 2.30. The van der Waals surface area contributed by atoms with Crippen molar-refractivity contribution in [3.05, 3.63) is 0 Å². The van der Waals surface area contributed by atoms with E-state index in [0.29, 0.717) is 6.92 Å². The number of alkyl halides is 5. The van der Waals surface area contributed by atoms with E-state index in [4.69, 9.17) is 0 Å². The Kier molecular flexibility index (Phi) is 4.83. The number of rotatable bonds is 5. The molecule has 0 spiro atoms. The summed E-state index contributed by atoms with van der Waals surface area (Å²) in [6.07, 6.45) is -4.66. The van der Waals surface area contributed by atoms with Gasteiger partial charge in [-0.1, -0.05) is 0 Å². The first-order valence-corrected chi connectivity index (χ1v) is 4.37. The van der Waals surface area contributed by atoms with Crippen molar-refractivity contribution in [1.29, 1.82) is 0 Å². The summed E-state index contributed by atoms with van der Waals surface area (Å²) in [6, 6.07) is 0. The maximum absolute atomic E-state index is 12.0. The fourth-order valence-electron chi connectivity index (χ4n) is 0.329. The molecule has 1 unspecified atom stereocenters. The van der Waals surface area contributed by atoms with E-state index in [0.717, 1.165) is 0 Å². The second-order valence-corrected chi connectivity index (χ2v) is 3.42. The van der Waals surface area contributed by atoms with E-state index in [9.17, 15) is 26.5 Å². The molecule has 0 aliphatic rings. The lowest BCUT2D eigenvalue weighted by Gasteiger charge is -2.03. The van der Waals surface area contributed by atoms with Gasteiger partial charge in [-0.2, -0.15) is 13.2 Å². The molecule has 1 atom stereocenters. The van der Waals surface area contributed by atoms with Gasteiger partial charge in [0, 0.05) is 11.5 Å². The fourth-order valence-corrected chi connectivity index (χ4v) is 0.988. The molecular formula is C5H7F5O3P+. The molecular weight excluding hydrogens is 234 g/mol. The second-order valence-electron chi connectivity index (χ2n) is 2.46. The van der Waals surface area contributed by atoms with Crippen LogP contribution in [0, 0.1) is 0 Å². The van der Waals surface area contributed by atoms with Crippen LogP contribution in [0.4, 0.5) is 22.0 Å². The molecule has 0 saturated carbocycles. The number of hydrogen-bond acceptors (Lipinski definition) is 3. The van der Waals surface area contributed by atoms with Crippen molar-refractivity contribution in [1.82, 2.24) is 0 Å². The van der Waals surface area contributed by atoms with Gasteiger partial charge >= 0.3 is 14.4 Å². The van der Waals surface area contributed by atoms with Gasteiger partial charge in [-0.25, -0.2) is 8.78 Å². The molecule has 0 radical (unpaired) electrons. The quantitative estimate of drug-likeness (QED) is 0.548. The van der Waals surface area contributed by atoms with Crippen LogP contribution in [0.5, 0.6) is 0 Å². The highest BCUT2D eigenvalue weighted by atomic mass is 31.1. The number of halogens is 5. The van der Waals surface area contributed by atoms with Gasteiger partial charge < -0.3 is 0 Å². The molecule has 0 aromatic carbocycles. The lowest BCUT2D eigenvalue weighted by molar-refractivity contribution is -0.154. The Bertz CT molecular complexity index is 179. The summed E-state index contributed by atoms with van der Waals surface area (Å²) in [5.74, 6) is -3.26. The van der Waals surface area contributed by atoms with Crippen molar-refractivity contribution in [2.75, 3.05) is 13.2 Å². The summed E-state index contributed by atoms with van der Waals surface area (Å²) in [7, 11) is -3.16. The summed E-state index contributed by atoms with van der Waals surface area (Å²) < 4.78 is 76.2. The lowest BCUT2D eigenvalue weighted by Crippen LogP contribution is -2.18. The summed E-state index contributed by atoms with van der Waals surface area (Å²) in [4.78, 5) is 0. The van der Waals surface area contributed by atoms with Crippen LogP contribution in [-0.2, 0) is 13.6 Å². The highest BCUT2D eigenvalue weighted by molar-refractivity contribution is 7.33. The summed E-state index contributed by atoms with van der Waals surface area (Å²) in [6.45, 7) is -2.57. The van der Waals surface area contributed by atoms with E-state index < -0.39 is 33.6 Å². The molecule has 0 saturated heterocycles. The second kappa shape index (κ2) is 4.95. The maximum Gasteiger partial charge on any atom is 0.697 e. The number of hydrogen-bond donors (Lipinski definition) is 0. The molecule has 14 heavy (non-hydrogen) atoms. The third kappa shape index (κ3) is 9.76. The van der Waals surface area contributed by atoms with Crippen LogP contribution in [0.1, 0.15) is 6.92 Å². The molecule has 0 aromatic rings. The zero-order valence-corrected chi connectivity index (χ0v) is 7.87. The van der Waals surface area contributed by atoms with Gasteiger partial charge in [-0.05, 0) is 0 Å². The Hall–Kier alpha value is -0.330. The first kappa shape index (κ1) is 13.7. The third-order valence-corrected chi connectivity index (χ3v) is 1.44. The van der Waals surface area contributed by atoms with Crippen LogP contribution in [-0.4, -0.2) is 25.3 Å². The lowest BCUT2D eigenvalue weighted by atomic mass is 10.4. The van der Waals surface area contributed by atoms with Crippen molar-refractivity contribution in [2.24, 2.45) is 0 Å². The Morgan fingerprint density at radius 2 is 1.50 bits per heavy atom. The van der Waals surface area contributed by atoms with Gasteiger partial charge in [0.15, 0.2) is 6.61 Å². The maximum atomic E-state index is 12.0. The SMILES string of the molecule is CC(F)(F)CO[P+](=O)OCC(F)(F)F. The largest absolute Gasteiger partial charge is 0.697 e. The van der Waals surface area contributed by atoms with Gasteiger partial charge in [-0.3, -0.25) is 0 Å². The van der Waals surface area contributed by atoms with E-state index >= 15 is 0 Å². The molecule has 0 rings (SSSR count). The van der Waals surface area contributed by atoms with Crippen molar-refractivity contribution in [2.45, 2.75) is 19.0 Å². The average Bonchev–Trinajstić information content (AvgIpc) is 1.94. The molecule has 0 bridgehead atoms. The molecule has 0 N–H and O–H groups in total. The Balaban J connectivity index is 3.68. The average molecular weight is 241 g/mol. The van der Waals surface area contributed by atoms with Crippen LogP contribution in [0.25, 0.3) is 0 Å². The van der Waals surface area contributed by atoms with Crippen LogP contribution in [0.2, 0.25) is 0 Å². The van der Waals surface area contributed by atoms with Crippen LogP contribution >= 0.6 is 8.25 Å². The van der Waals surface area contributed by atoms with E-state index in [2.05, 4.69) is 9.05 Å². The molecule has 3 nitrogen and oxygen atoms in total. The van der Waals surface area contributed by atoms with Crippen LogP contribution in [0.3, 0.4) is 0 Å². The van der Waals surface area contributed by atoms with Gasteiger partial charge in [0.1, 0.15) is 0 Å². The van der Waals surface area contributed by atoms with E-state index in [1.807, 2.05) is 0 Å². The first-order valence-electron chi connectivity index (χ1n) is 3.28. The van der Waals surface area contributed by atoms with Gasteiger partial charge in [-0.15, -0.1) is 9.05 Å². The highest BCUT2D eigenvalue weighted by Gasteiger charge is 2.37. The van der Waals surface area contributed by atoms with Crippen molar-refractivity contribution in [3.63, 3.8) is 0 Å². The predicted octanol–water partition coefficient (Wildman–Crippen LogP) is 2.89. The van der Waals surface area contributed by atoms with Crippen molar-refractivity contribution in [3.8, 4) is 0 Å². The molecule has 0 amide bonds. The Labute approximate surface area is 77.1 Å². The van der Waals surface area contributed by atoms with Crippen molar-refractivity contribution < 1.29 is 35.6 Å². The minimum atomic E-state index is -4.66. The summed E-state index contributed by atoms with van der Waals surface area (Å²) in [5, 5.41) is 0. The molecule has 0 aliphatic carbocycles. The molecule has 0 heterocycles. The molecule has 84 valence electrons. The molecule has 0 aromatic heterocycles. The Morgan fingerprint density at radius 3 is 1.86 bits per heavy atom. The van der Waals surface area contributed by atoms with E-state index in [1.165, 1.54) is 0 Å². The molecule has 0 fully saturated rings. The topological polar surface area (TPSA) is 35.5 Å². The minimum Gasteiger partial charge on any atom is -0.204 e. The monoisotopic (exact) mass is 241 g/mol. The van der Waals surface area contributed by atoms with Crippen LogP contribution in [0.15, 0.2) is 0 Å². The smallest absolute Gasteiger partial charge is 0.204 e. The van der Waals surface area contributed by atoms with Gasteiger partial charge in [0.05, 0.1) is 0 Å². The van der Waals surface area contributed by atoms with Crippen molar-refractivity contribution >= 4 is 8.25 Å². The van der Waals surface area contributed by atoms with E-state index in [1.54, 1.807) is 0 Å². The van der Waals surface area contributed by atoms with E-state index in [-0.39, 0.29) is 0 Å². The molecule has 9 heteroatoms. The predicted molar refractivity (Wildman–Crippen MR) is 36.2 cm³/mol. The zero-order chi connectivity index (χ0) is 11.4. The first-order chi connectivity index (χ1) is 6.10. The summed E-state index contributed by atoms with van der Waals surface area (Å²) in [5.41, 5.74) is 0. The zero-order valence-electron chi connectivity index (χ0n) is 6.98. The normalized spacial score (nSPS) is 14.3. The van der Waals surface area contributed by atoms with Crippen LogP contribution < -0.4 is 0 Å². The third-order valence-electron chi connectivity index (χ3n) is 0.757. The standard InChI is InChI=1S/C5H7F5O3P/c1-4(6,7)2-12-14(11)13-3-5(8,9)10/h2-3H2,1H3/q+1. The summed E-state index contributed by atoms with van der Waals surface area (Å²) >= 11 is 0. The Morgan fingerprint density at radius 1 is 1.07 bits per heavy atom. The molecule has 0 aliphatic heterocycles. The minimum absolute atomic E-state index is 0.472.